The number of anilines is 1. The molecule has 1 amide bonds. The van der Waals surface area contributed by atoms with Gasteiger partial charge >= 0.3 is 24.8 Å². The van der Waals surface area contributed by atoms with Crippen molar-refractivity contribution in [3.63, 3.8) is 0 Å². The molecular weight excluding hydrogens is 559 g/mol. The number of benzene rings is 2. The highest BCUT2D eigenvalue weighted by Gasteiger charge is 2.43. The molecule has 1 fully saturated rings. The first kappa shape index (κ1) is 31.2. The smallest absolute Gasteiger partial charge is 0.439 e. The van der Waals surface area contributed by atoms with Gasteiger partial charge in [0.1, 0.15) is 11.9 Å². The fourth-order valence-corrected chi connectivity index (χ4v) is 4.52. The van der Waals surface area contributed by atoms with Crippen molar-refractivity contribution in [2.24, 2.45) is 5.92 Å². The van der Waals surface area contributed by atoms with Crippen molar-refractivity contribution < 1.29 is 53.8 Å². The van der Waals surface area contributed by atoms with Crippen LogP contribution in [0.5, 0.6) is 5.75 Å². The number of hydrogen-bond donors (Lipinski definition) is 0. The zero-order valence-corrected chi connectivity index (χ0v) is 21.8. The van der Waals surface area contributed by atoms with Crippen LogP contribution in [-0.4, -0.2) is 36.5 Å². The Morgan fingerprint density at radius 2 is 1.52 bits per heavy atom. The summed E-state index contributed by atoms with van der Waals surface area (Å²) in [4.78, 5) is 15.7. The summed E-state index contributed by atoms with van der Waals surface area (Å²) in [6.45, 7) is 7.66. The Labute approximate surface area is 224 Å². The summed E-state index contributed by atoms with van der Waals surface area (Å²) in [7, 11) is 0. The molecule has 0 saturated carbocycles. The third kappa shape index (κ3) is 7.45. The SMILES string of the molecule is CCN(CC(C)C)c1ccc(OC(F)(F)F)cc1CN1C(=O)O[C@H](c2cc(C(F)(F)F)cc(C(F)(F)F)c2)[C@@H]1C. The molecule has 0 spiro atoms. The van der Waals surface area contributed by atoms with Gasteiger partial charge in [0.15, 0.2) is 0 Å². The monoisotopic (exact) mass is 586 g/mol. The summed E-state index contributed by atoms with van der Waals surface area (Å²) in [5.74, 6) is -0.404. The average Bonchev–Trinajstić information content (AvgIpc) is 3.09. The summed E-state index contributed by atoms with van der Waals surface area (Å²) in [6, 6.07) is 3.47. The van der Waals surface area contributed by atoms with Crippen molar-refractivity contribution in [1.29, 1.82) is 0 Å². The van der Waals surface area contributed by atoms with Crippen LogP contribution in [0.25, 0.3) is 0 Å². The minimum Gasteiger partial charge on any atom is -0.439 e. The number of rotatable bonds is 8. The van der Waals surface area contributed by atoms with Crippen LogP contribution < -0.4 is 9.64 Å². The van der Waals surface area contributed by atoms with Crippen LogP contribution in [0.2, 0.25) is 0 Å². The third-order valence-electron chi connectivity index (χ3n) is 6.26. The maximum Gasteiger partial charge on any atom is 0.573 e. The summed E-state index contributed by atoms with van der Waals surface area (Å²) in [6.07, 6.45) is -17.8. The number of nitrogens with zero attached hydrogens (tertiary/aromatic N) is 2. The molecule has 2 aromatic rings. The lowest BCUT2D eigenvalue weighted by Gasteiger charge is -2.30. The molecule has 1 saturated heterocycles. The van der Waals surface area contributed by atoms with E-state index in [1.54, 1.807) is 0 Å². The molecule has 0 aliphatic carbocycles. The molecule has 1 aliphatic heterocycles. The molecule has 3 rings (SSSR count). The predicted molar refractivity (Wildman–Crippen MR) is 127 cm³/mol. The van der Waals surface area contributed by atoms with Crippen molar-refractivity contribution in [3.05, 3.63) is 58.7 Å². The predicted octanol–water partition coefficient (Wildman–Crippen LogP) is 8.19. The molecule has 0 aromatic heterocycles. The fourth-order valence-electron chi connectivity index (χ4n) is 4.52. The van der Waals surface area contributed by atoms with Crippen molar-refractivity contribution in [2.75, 3.05) is 18.0 Å². The highest BCUT2D eigenvalue weighted by atomic mass is 19.4. The van der Waals surface area contributed by atoms with Gasteiger partial charge in [-0.3, -0.25) is 4.90 Å². The van der Waals surface area contributed by atoms with E-state index in [1.165, 1.54) is 13.0 Å². The van der Waals surface area contributed by atoms with Gasteiger partial charge in [-0.1, -0.05) is 13.8 Å². The van der Waals surface area contributed by atoms with Crippen LogP contribution in [0.1, 0.15) is 56.1 Å². The van der Waals surface area contributed by atoms with Crippen LogP contribution in [0, 0.1) is 5.92 Å². The lowest BCUT2D eigenvalue weighted by atomic mass is 9.97. The Hall–Kier alpha value is -3.32. The van der Waals surface area contributed by atoms with Gasteiger partial charge in [-0.05, 0) is 67.3 Å². The third-order valence-corrected chi connectivity index (χ3v) is 6.26. The molecule has 1 aliphatic rings. The molecule has 2 aromatic carbocycles. The second-order valence-corrected chi connectivity index (χ2v) is 9.78. The number of ether oxygens (including phenoxy) is 2. The summed E-state index contributed by atoms with van der Waals surface area (Å²) < 4.78 is 128. The van der Waals surface area contributed by atoms with Gasteiger partial charge in [-0.15, -0.1) is 13.2 Å². The van der Waals surface area contributed by atoms with Gasteiger partial charge in [-0.2, -0.15) is 26.3 Å². The number of carbonyl (C=O) groups excluding carboxylic acids is 1. The normalized spacial score (nSPS) is 18.4. The van der Waals surface area contributed by atoms with Gasteiger partial charge in [0, 0.05) is 18.8 Å². The van der Waals surface area contributed by atoms with E-state index in [4.69, 9.17) is 4.74 Å². The van der Waals surface area contributed by atoms with Crippen molar-refractivity contribution >= 4 is 11.8 Å². The minimum atomic E-state index is -5.10. The number of amides is 1. The van der Waals surface area contributed by atoms with Gasteiger partial charge < -0.3 is 14.4 Å². The number of cyclic esters (lactones) is 1. The second-order valence-electron chi connectivity index (χ2n) is 9.78. The van der Waals surface area contributed by atoms with Crippen molar-refractivity contribution in [1.82, 2.24) is 4.90 Å². The molecule has 0 unspecified atom stereocenters. The van der Waals surface area contributed by atoms with E-state index in [1.807, 2.05) is 25.7 Å². The van der Waals surface area contributed by atoms with E-state index >= 15 is 0 Å². The number of carbonyl (C=O) groups is 1. The highest BCUT2D eigenvalue weighted by Crippen LogP contribution is 2.41. The number of hydrogen-bond acceptors (Lipinski definition) is 4. The molecule has 40 heavy (non-hydrogen) atoms. The quantitative estimate of drug-likeness (QED) is 0.293. The maximum atomic E-state index is 13.4. The minimum absolute atomic E-state index is 0.0325. The Morgan fingerprint density at radius 1 is 0.950 bits per heavy atom. The first-order chi connectivity index (χ1) is 18.3. The Balaban J connectivity index is 2.02. The zero-order chi connectivity index (χ0) is 30.2. The van der Waals surface area contributed by atoms with E-state index in [0.29, 0.717) is 30.9 Å². The topological polar surface area (TPSA) is 42.0 Å². The maximum absolute atomic E-state index is 13.4. The number of halogens is 9. The van der Waals surface area contributed by atoms with Gasteiger partial charge in [0.25, 0.3) is 0 Å². The molecule has 5 nitrogen and oxygen atoms in total. The summed E-state index contributed by atoms with van der Waals surface area (Å²) in [5, 5.41) is 0. The first-order valence-electron chi connectivity index (χ1n) is 12.2. The second kappa shape index (κ2) is 11.3. The molecule has 14 heteroatoms. The van der Waals surface area contributed by atoms with E-state index in [-0.39, 0.29) is 24.1 Å². The van der Waals surface area contributed by atoms with Gasteiger partial charge in [0.05, 0.1) is 23.7 Å². The summed E-state index contributed by atoms with van der Waals surface area (Å²) in [5.41, 5.74) is -2.95. The van der Waals surface area contributed by atoms with E-state index in [2.05, 4.69) is 4.74 Å². The van der Waals surface area contributed by atoms with Crippen LogP contribution in [0.3, 0.4) is 0 Å². The first-order valence-corrected chi connectivity index (χ1v) is 12.2. The zero-order valence-electron chi connectivity index (χ0n) is 21.8. The lowest BCUT2D eigenvalue weighted by molar-refractivity contribution is -0.274. The molecule has 0 radical (unpaired) electrons. The average molecular weight is 586 g/mol. The Bertz CT molecular complexity index is 1180. The van der Waals surface area contributed by atoms with E-state index in [9.17, 15) is 44.3 Å². The standard InChI is InChI=1S/C26H27F9N2O3/c1-5-36(12-14(2)3)21-7-6-20(40-26(33,34)35)10-17(21)13-37-15(4)22(39-23(37)38)16-8-18(24(27,28)29)11-19(9-16)25(30,31)32/h6-11,14-15,22H,5,12-13H2,1-4H3/t15-,22-/m0/s1. The van der Waals surface area contributed by atoms with E-state index in [0.717, 1.165) is 17.0 Å². The van der Waals surface area contributed by atoms with Crippen molar-refractivity contribution in [3.8, 4) is 5.75 Å². The van der Waals surface area contributed by atoms with Crippen LogP contribution >= 0.6 is 0 Å². The van der Waals surface area contributed by atoms with Crippen molar-refractivity contribution in [2.45, 2.75) is 65.1 Å². The fraction of sp³-hybridized carbons (Fsp3) is 0.500. The largest absolute Gasteiger partial charge is 0.573 e. The Kier molecular flexibility index (Phi) is 8.80. The molecule has 222 valence electrons. The van der Waals surface area contributed by atoms with E-state index < -0.39 is 59.4 Å². The lowest BCUT2D eigenvalue weighted by Crippen LogP contribution is -2.33. The summed E-state index contributed by atoms with van der Waals surface area (Å²) >= 11 is 0. The number of alkyl halides is 9. The molecule has 1 heterocycles. The molecule has 0 bridgehead atoms. The van der Waals surface area contributed by atoms with Crippen LogP contribution in [-0.2, 0) is 23.6 Å². The molecular formula is C26H27F9N2O3. The molecule has 2 atom stereocenters. The highest BCUT2D eigenvalue weighted by molar-refractivity contribution is 5.72. The van der Waals surface area contributed by atoms with Crippen LogP contribution in [0.4, 0.5) is 50.0 Å². The van der Waals surface area contributed by atoms with Gasteiger partial charge in [-0.25, -0.2) is 4.79 Å². The van der Waals surface area contributed by atoms with Crippen LogP contribution in [0.15, 0.2) is 36.4 Å². The van der Waals surface area contributed by atoms with Gasteiger partial charge in [0.2, 0.25) is 0 Å². The Morgan fingerprint density at radius 3 is 2.00 bits per heavy atom. The molecule has 0 N–H and O–H groups in total.